The van der Waals surface area contributed by atoms with E-state index in [1.807, 2.05) is 0 Å². The molecule has 0 aliphatic rings. The van der Waals surface area contributed by atoms with Crippen LogP contribution >= 0.6 is 0 Å². The summed E-state index contributed by atoms with van der Waals surface area (Å²) in [6, 6.07) is 0. The third kappa shape index (κ3) is 43.8. The molecule has 0 aromatic carbocycles. The van der Waals surface area contributed by atoms with Crippen molar-refractivity contribution in [2.24, 2.45) is 17.8 Å². The Balaban J connectivity index is 4.32. The van der Waals surface area contributed by atoms with Gasteiger partial charge in [-0.15, -0.1) is 0 Å². The second-order valence-corrected chi connectivity index (χ2v) is 18.6. The van der Waals surface area contributed by atoms with Gasteiger partial charge in [-0.25, -0.2) is 0 Å². The molecule has 0 radical (unpaired) electrons. The van der Waals surface area contributed by atoms with Crippen molar-refractivity contribution in [3.63, 3.8) is 0 Å². The quantitative estimate of drug-likeness (QED) is 0.0347. The van der Waals surface area contributed by atoms with Crippen molar-refractivity contribution in [1.82, 2.24) is 0 Å². The molecular weight excluding hydrogens is 709 g/mol. The van der Waals surface area contributed by atoms with E-state index < -0.39 is 6.10 Å². The Bertz CT molecular complexity index is 885. The fourth-order valence-corrected chi connectivity index (χ4v) is 7.55. The standard InChI is InChI=1S/C51H98O6/c1-7-47(6)39-33-27-21-15-12-13-17-23-30-36-42-51(54)57-48(44-56-50(53)41-35-29-24-18-20-26-32-38-46(4)5)43-55-49(52)40-34-28-22-16-11-9-8-10-14-19-25-31-37-45(2)3/h45-48H,7-44H2,1-6H3/t47?,48-/m0/s1. The molecule has 0 saturated heterocycles. The highest BCUT2D eigenvalue weighted by Crippen LogP contribution is 2.18. The number of hydrogen-bond donors (Lipinski definition) is 0. The third-order valence-electron chi connectivity index (χ3n) is 11.8. The number of ether oxygens (including phenoxy) is 3. The highest BCUT2D eigenvalue weighted by atomic mass is 16.6. The molecule has 57 heavy (non-hydrogen) atoms. The van der Waals surface area contributed by atoms with E-state index in [2.05, 4.69) is 41.5 Å². The first-order valence-corrected chi connectivity index (χ1v) is 25.1. The van der Waals surface area contributed by atoms with Crippen molar-refractivity contribution < 1.29 is 28.6 Å². The molecule has 0 amide bonds. The van der Waals surface area contributed by atoms with Crippen LogP contribution in [-0.4, -0.2) is 37.2 Å². The van der Waals surface area contributed by atoms with Crippen molar-refractivity contribution in [2.45, 2.75) is 279 Å². The molecule has 0 heterocycles. The zero-order valence-electron chi connectivity index (χ0n) is 39.1. The van der Waals surface area contributed by atoms with Gasteiger partial charge in [0.15, 0.2) is 6.10 Å². The van der Waals surface area contributed by atoms with Crippen LogP contribution < -0.4 is 0 Å². The minimum Gasteiger partial charge on any atom is -0.462 e. The molecule has 0 fully saturated rings. The van der Waals surface area contributed by atoms with Gasteiger partial charge in [-0.05, 0) is 37.0 Å². The molecule has 0 saturated carbocycles. The van der Waals surface area contributed by atoms with E-state index in [1.54, 1.807) is 0 Å². The molecule has 2 atom stereocenters. The molecule has 6 heteroatoms. The van der Waals surface area contributed by atoms with Crippen LogP contribution in [0.25, 0.3) is 0 Å². The number of esters is 3. The summed E-state index contributed by atoms with van der Waals surface area (Å²) in [5.41, 5.74) is 0. The average Bonchev–Trinajstić information content (AvgIpc) is 3.18. The molecule has 0 spiro atoms. The molecule has 0 bridgehead atoms. The maximum atomic E-state index is 12.8. The number of hydrogen-bond acceptors (Lipinski definition) is 6. The lowest BCUT2D eigenvalue weighted by Gasteiger charge is -2.18. The molecule has 0 N–H and O–H groups in total. The normalized spacial score (nSPS) is 12.6. The minimum atomic E-state index is -0.763. The molecule has 0 rings (SSSR count). The molecule has 0 aliphatic carbocycles. The zero-order chi connectivity index (χ0) is 42.0. The first kappa shape index (κ1) is 55.4. The Morgan fingerprint density at radius 3 is 0.912 bits per heavy atom. The lowest BCUT2D eigenvalue weighted by molar-refractivity contribution is -0.167. The monoisotopic (exact) mass is 807 g/mol. The summed E-state index contributed by atoms with van der Waals surface area (Å²) in [6.45, 7) is 13.7. The highest BCUT2D eigenvalue weighted by molar-refractivity contribution is 5.71. The second kappa shape index (κ2) is 42.5. The van der Waals surface area contributed by atoms with Gasteiger partial charge in [0.2, 0.25) is 0 Å². The largest absolute Gasteiger partial charge is 0.462 e. The number of carbonyl (C=O) groups is 3. The fraction of sp³-hybridized carbons (Fsp3) is 0.941. The smallest absolute Gasteiger partial charge is 0.306 e. The topological polar surface area (TPSA) is 78.9 Å². The molecule has 0 aromatic rings. The summed E-state index contributed by atoms with van der Waals surface area (Å²) < 4.78 is 16.8. The summed E-state index contributed by atoms with van der Waals surface area (Å²) in [7, 11) is 0. The number of carbonyl (C=O) groups excluding carboxylic acids is 3. The van der Waals surface area contributed by atoms with Gasteiger partial charge in [0, 0.05) is 19.3 Å². The summed E-state index contributed by atoms with van der Waals surface area (Å²) in [5.74, 6) is 1.63. The Hall–Kier alpha value is -1.59. The highest BCUT2D eigenvalue weighted by Gasteiger charge is 2.19. The molecule has 6 nitrogen and oxygen atoms in total. The van der Waals surface area contributed by atoms with Crippen LogP contribution in [0.5, 0.6) is 0 Å². The van der Waals surface area contributed by atoms with Crippen LogP contribution in [-0.2, 0) is 28.6 Å². The van der Waals surface area contributed by atoms with Gasteiger partial charge in [0.25, 0.3) is 0 Å². The SMILES string of the molecule is CCC(C)CCCCCCCCCCCCC(=O)O[C@@H](COC(=O)CCCCCCCCCCCCCCC(C)C)COC(=O)CCCCCCCCCC(C)C. The van der Waals surface area contributed by atoms with Crippen LogP contribution in [0.15, 0.2) is 0 Å². The molecule has 338 valence electrons. The summed E-state index contributed by atoms with van der Waals surface area (Å²) >= 11 is 0. The third-order valence-corrected chi connectivity index (χ3v) is 11.8. The van der Waals surface area contributed by atoms with Gasteiger partial charge >= 0.3 is 17.9 Å². The first-order valence-electron chi connectivity index (χ1n) is 25.1. The van der Waals surface area contributed by atoms with Gasteiger partial charge in [-0.3, -0.25) is 14.4 Å². The van der Waals surface area contributed by atoms with Crippen molar-refractivity contribution in [1.29, 1.82) is 0 Å². The predicted molar refractivity (Wildman–Crippen MR) is 243 cm³/mol. The number of rotatable bonds is 44. The maximum absolute atomic E-state index is 12.8. The summed E-state index contributed by atoms with van der Waals surface area (Å²) in [4.78, 5) is 37.9. The molecule has 0 aromatic heterocycles. The van der Waals surface area contributed by atoms with Gasteiger partial charge in [0.1, 0.15) is 13.2 Å². The van der Waals surface area contributed by atoms with Crippen molar-refractivity contribution >= 4 is 17.9 Å². The zero-order valence-corrected chi connectivity index (χ0v) is 39.1. The lowest BCUT2D eigenvalue weighted by atomic mass is 9.99. The van der Waals surface area contributed by atoms with Gasteiger partial charge in [0.05, 0.1) is 0 Å². The Morgan fingerprint density at radius 1 is 0.351 bits per heavy atom. The van der Waals surface area contributed by atoms with Crippen LogP contribution in [0.3, 0.4) is 0 Å². The van der Waals surface area contributed by atoms with E-state index in [-0.39, 0.29) is 31.1 Å². The van der Waals surface area contributed by atoms with Crippen molar-refractivity contribution in [2.75, 3.05) is 13.2 Å². The van der Waals surface area contributed by atoms with Crippen LogP contribution in [0, 0.1) is 17.8 Å². The van der Waals surface area contributed by atoms with Crippen LogP contribution in [0.2, 0.25) is 0 Å². The van der Waals surface area contributed by atoms with Gasteiger partial charge in [-0.1, -0.05) is 234 Å². The van der Waals surface area contributed by atoms with E-state index in [0.717, 1.165) is 75.5 Å². The second-order valence-electron chi connectivity index (χ2n) is 18.6. The average molecular weight is 807 g/mol. The molecule has 0 aliphatic heterocycles. The lowest BCUT2D eigenvalue weighted by Crippen LogP contribution is -2.30. The maximum Gasteiger partial charge on any atom is 0.306 e. The Labute approximate surface area is 355 Å². The van der Waals surface area contributed by atoms with Gasteiger partial charge in [-0.2, -0.15) is 0 Å². The first-order chi connectivity index (χ1) is 27.6. The van der Waals surface area contributed by atoms with Crippen molar-refractivity contribution in [3.05, 3.63) is 0 Å². The number of unbranched alkanes of at least 4 members (excludes halogenated alkanes) is 26. The fourth-order valence-electron chi connectivity index (χ4n) is 7.55. The van der Waals surface area contributed by atoms with Crippen LogP contribution in [0.4, 0.5) is 0 Å². The minimum absolute atomic E-state index is 0.0655. The molecule has 1 unspecified atom stereocenters. The van der Waals surface area contributed by atoms with E-state index in [9.17, 15) is 14.4 Å². The van der Waals surface area contributed by atoms with E-state index in [4.69, 9.17) is 14.2 Å². The molecular formula is C51H98O6. The Kier molecular flexibility index (Phi) is 41.3. The summed E-state index contributed by atoms with van der Waals surface area (Å²) in [5, 5.41) is 0. The van der Waals surface area contributed by atoms with E-state index in [1.165, 1.54) is 154 Å². The summed E-state index contributed by atoms with van der Waals surface area (Å²) in [6.07, 6.45) is 40.9. The Morgan fingerprint density at radius 2 is 0.614 bits per heavy atom. The van der Waals surface area contributed by atoms with Crippen molar-refractivity contribution in [3.8, 4) is 0 Å². The van der Waals surface area contributed by atoms with E-state index in [0.29, 0.717) is 19.3 Å². The van der Waals surface area contributed by atoms with E-state index >= 15 is 0 Å². The predicted octanol–water partition coefficient (Wildman–Crippen LogP) is 16.0. The van der Waals surface area contributed by atoms with Gasteiger partial charge < -0.3 is 14.2 Å². The van der Waals surface area contributed by atoms with Crippen LogP contribution in [0.1, 0.15) is 273 Å².